The number of para-hydroxylation sites is 1. The molecular weight excluding hydrogens is 192 g/mol. The Labute approximate surface area is 89.0 Å². The summed E-state index contributed by atoms with van der Waals surface area (Å²) in [6, 6.07) is 7.01. The van der Waals surface area contributed by atoms with Crippen molar-refractivity contribution in [2.45, 2.75) is 13.3 Å². The molecule has 0 saturated heterocycles. The molecule has 0 heterocycles. The predicted octanol–water partition coefficient (Wildman–Crippen LogP) is 2.05. The molecule has 0 bridgehead atoms. The quantitative estimate of drug-likeness (QED) is 0.605. The van der Waals surface area contributed by atoms with E-state index in [4.69, 9.17) is 4.74 Å². The van der Waals surface area contributed by atoms with E-state index in [1.54, 1.807) is 31.2 Å². The van der Waals surface area contributed by atoms with Crippen molar-refractivity contribution in [2.24, 2.45) is 0 Å². The van der Waals surface area contributed by atoms with Gasteiger partial charge in [0.05, 0.1) is 6.61 Å². The second-order valence-electron chi connectivity index (χ2n) is 3.05. The van der Waals surface area contributed by atoms with E-state index < -0.39 is 0 Å². The fraction of sp³-hybridized carbons (Fsp3) is 0.250. The first-order chi connectivity index (χ1) is 7.24. The van der Waals surface area contributed by atoms with Crippen LogP contribution in [0.3, 0.4) is 0 Å². The summed E-state index contributed by atoms with van der Waals surface area (Å²) in [5.74, 6) is -0.118. The predicted molar refractivity (Wildman–Crippen MR) is 57.6 cm³/mol. The van der Waals surface area contributed by atoms with Crippen molar-refractivity contribution in [1.29, 1.82) is 0 Å². The number of rotatable bonds is 4. The molecule has 0 aliphatic carbocycles. The Hall–Kier alpha value is -1.77. The van der Waals surface area contributed by atoms with E-state index in [-0.39, 0.29) is 18.3 Å². The highest BCUT2D eigenvalue weighted by Gasteiger charge is 2.01. The van der Waals surface area contributed by atoms with Crippen LogP contribution in [0, 0.1) is 0 Å². The lowest BCUT2D eigenvalue weighted by Crippen LogP contribution is -2.04. The third-order valence-corrected chi connectivity index (χ3v) is 1.91. The Morgan fingerprint density at radius 3 is 2.87 bits per heavy atom. The van der Waals surface area contributed by atoms with Crippen LogP contribution >= 0.6 is 0 Å². The summed E-state index contributed by atoms with van der Waals surface area (Å²) in [6.45, 7) is 2.03. The molecule has 0 unspecified atom stereocenters. The van der Waals surface area contributed by atoms with Gasteiger partial charge in [-0.25, -0.2) is 4.79 Å². The minimum Gasteiger partial charge on any atom is -0.508 e. The topological polar surface area (TPSA) is 46.5 Å². The van der Waals surface area contributed by atoms with E-state index in [1.165, 1.54) is 6.08 Å². The molecule has 0 amide bonds. The molecule has 0 aliphatic heterocycles. The maximum Gasteiger partial charge on any atom is 0.330 e. The van der Waals surface area contributed by atoms with Crippen LogP contribution in [0.25, 0.3) is 0 Å². The molecule has 3 heteroatoms. The van der Waals surface area contributed by atoms with Gasteiger partial charge in [0.1, 0.15) is 5.75 Å². The Balaban J connectivity index is 2.38. The summed E-state index contributed by atoms with van der Waals surface area (Å²) >= 11 is 0. The van der Waals surface area contributed by atoms with Gasteiger partial charge in [-0.05, 0) is 18.6 Å². The van der Waals surface area contributed by atoms with Crippen LogP contribution in [0.4, 0.5) is 0 Å². The zero-order valence-corrected chi connectivity index (χ0v) is 8.64. The Kier molecular flexibility index (Phi) is 4.41. The second-order valence-corrected chi connectivity index (χ2v) is 3.05. The lowest BCUT2D eigenvalue weighted by atomic mass is 10.1. The fourth-order valence-electron chi connectivity index (χ4n) is 1.17. The first-order valence-electron chi connectivity index (χ1n) is 4.80. The first kappa shape index (κ1) is 11.3. The average molecular weight is 206 g/mol. The van der Waals surface area contributed by atoms with E-state index in [1.807, 2.05) is 6.07 Å². The molecule has 1 aromatic carbocycles. The van der Waals surface area contributed by atoms with Crippen LogP contribution in [0.1, 0.15) is 12.5 Å². The number of hydrogen-bond donors (Lipinski definition) is 1. The standard InChI is InChI=1S/C12H14O3/c1-2-5-12(14)15-9-8-10-6-3-4-7-11(10)13/h2-7,13H,8-9H2,1H3/b5-2+. The molecule has 0 aliphatic rings. The molecule has 1 N–H and O–H groups in total. The van der Waals surface area contributed by atoms with E-state index in [0.29, 0.717) is 6.42 Å². The average Bonchev–Trinajstić information content (AvgIpc) is 2.21. The Morgan fingerprint density at radius 2 is 2.20 bits per heavy atom. The number of carbonyl (C=O) groups excluding carboxylic acids is 1. The van der Waals surface area contributed by atoms with Crippen LogP contribution in [0.2, 0.25) is 0 Å². The molecule has 80 valence electrons. The van der Waals surface area contributed by atoms with Crippen molar-refractivity contribution in [2.75, 3.05) is 6.61 Å². The van der Waals surface area contributed by atoms with Gasteiger partial charge in [-0.15, -0.1) is 0 Å². The van der Waals surface area contributed by atoms with Crippen molar-refractivity contribution in [3.63, 3.8) is 0 Å². The summed E-state index contributed by atoms with van der Waals surface area (Å²) in [7, 11) is 0. The summed E-state index contributed by atoms with van der Waals surface area (Å²) in [5, 5.41) is 9.42. The number of phenolic OH excluding ortho intramolecular Hbond substituents is 1. The zero-order chi connectivity index (χ0) is 11.1. The minimum atomic E-state index is -0.354. The molecule has 0 radical (unpaired) electrons. The number of allylic oxidation sites excluding steroid dienone is 1. The van der Waals surface area contributed by atoms with Crippen molar-refractivity contribution in [1.82, 2.24) is 0 Å². The van der Waals surface area contributed by atoms with Gasteiger partial charge in [0.2, 0.25) is 0 Å². The number of aromatic hydroxyl groups is 1. The van der Waals surface area contributed by atoms with Crippen molar-refractivity contribution < 1.29 is 14.6 Å². The van der Waals surface area contributed by atoms with Gasteiger partial charge in [-0.1, -0.05) is 24.3 Å². The number of esters is 1. The van der Waals surface area contributed by atoms with Gasteiger partial charge in [-0.3, -0.25) is 0 Å². The second kappa shape index (κ2) is 5.86. The molecular formula is C12H14O3. The molecule has 0 fully saturated rings. The highest BCUT2D eigenvalue weighted by atomic mass is 16.5. The highest BCUT2D eigenvalue weighted by molar-refractivity contribution is 5.81. The molecule has 1 rings (SSSR count). The smallest absolute Gasteiger partial charge is 0.330 e. The van der Waals surface area contributed by atoms with Crippen molar-refractivity contribution in [3.05, 3.63) is 42.0 Å². The monoisotopic (exact) mass is 206 g/mol. The fourth-order valence-corrected chi connectivity index (χ4v) is 1.17. The SMILES string of the molecule is C/C=C/C(=O)OCCc1ccccc1O. The summed E-state index contributed by atoms with van der Waals surface area (Å²) in [4.78, 5) is 10.9. The van der Waals surface area contributed by atoms with Gasteiger partial charge >= 0.3 is 5.97 Å². The minimum absolute atomic E-state index is 0.236. The number of phenols is 1. The molecule has 0 saturated carbocycles. The normalized spacial score (nSPS) is 10.5. The molecule has 0 aromatic heterocycles. The van der Waals surface area contributed by atoms with Crippen molar-refractivity contribution >= 4 is 5.97 Å². The van der Waals surface area contributed by atoms with Crippen LogP contribution in [-0.2, 0) is 16.0 Å². The third-order valence-electron chi connectivity index (χ3n) is 1.91. The molecule has 3 nitrogen and oxygen atoms in total. The molecule has 0 atom stereocenters. The lowest BCUT2D eigenvalue weighted by Gasteiger charge is -2.04. The Bertz CT molecular complexity index is 356. The number of benzene rings is 1. The van der Waals surface area contributed by atoms with Crippen LogP contribution in [0.15, 0.2) is 36.4 Å². The van der Waals surface area contributed by atoms with Gasteiger partial charge in [0, 0.05) is 12.5 Å². The van der Waals surface area contributed by atoms with Crippen LogP contribution in [0.5, 0.6) is 5.75 Å². The molecule has 1 aromatic rings. The summed E-state index contributed by atoms with van der Waals surface area (Å²) in [6.07, 6.45) is 3.52. The van der Waals surface area contributed by atoms with E-state index in [0.717, 1.165) is 5.56 Å². The summed E-state index contributed by atoms with van der Waals surface area (Å²) in [5.41, 5.74) is 0.783. The maximum absolute atomic E-state index is 10.9. The molecule has 15 heavy (non-hydrogen) atoms. The van der Waals surface area contributed by atoms with Gasteiger partial charge in [-0.2, -0.15) is 0 Å². The van der Waals surface area contributed by atoms with Gasteiger partial charge in [0.15, 0.2) is 0 Å². The van der Waals surface area contributed by atoms with E-state index in [2.05, 4.69) is 0 Å². The van der Waals surface area contributed by atoms with Gasteiger partial charge < -0.3 is 9.84 Å². The number of hydrogen-bond acceptors (Lipinski definition) is 3. The lowest BCUT2D eigenvalue weighted by molar-refractivity contribution is -0.137. The van der Waals surface area contributed by atoms with Crippen LogP contribution < -0.4 is 0 Å². The van der Waals surface area contributed by atoms with E-state index >= 15 is 0 Å². The first-order valence-corrected chi connectivity index (χ1v) is 4.80. The van der Waals surface area contributed by atoms with Gasteiger partial charge in [0.25, 0.3) is 0 Å². The van der Waals surface area contributed by atoms with Crippen LogP contribution in [-0.4, -0.2) is 17.7 Å². The number of carbonyl (C=O) groups is 1. The largest absolute Gasteiger partial charge is 0.508 e. The van der Waals surface area contributed by atoms with E-state index in [9.17, 15) is 9.90 Å². The highest BCUT2D eigenvalue weighted by Crippen LogP contribution is 2.15. The maximum atomic E-state index is 10.9. The number of ether oxygens (including phenoxy) is 1. The molecule has 0 spiro atoms. The Morgan fingerprint density at radius 1 is 1.47 bits per heavy atom. The third kappa shape index (κ3) is 3.85. The summed E-state index contributed by atoms with van der Waals surface area (Å²) < 4.78 is 4.90. The van der Waals surface area contributed by atoms with Crippen molar-refractivity contribution in [3.8, 4) is 5.75 Å². The zero-order valence-electron chi connectivity index (χ0n) is 8.64.